The van der Waals surface area contributed by atoms with Crippen LogP contribution >= 0.6 is 0 Å². The number of hydrogen-bond donors (Lipinski definition) is 24. The maximum Gasteiger partial charge on any atom is 0.187 e. The normalized spacial score (nSPS) is 55.4. The summed E-state index contributed by atoms with van der Waals surface area (Å²) in [7, 11) is 0. The lowest BCUT2D eigenvalue weighted by Gasteiger charge is -2.50. The maximum atomic E-state index is 11.6. The first-order chi connectivity index (χ1) is 41.9. The molecule has 0 radical (unpaired) electrons. The Morgan fingerprint density at radius 2 is 0.273 bits per heavy atom. The number of rotatable bonds is 8. The van der Waals surface area contributed by atoms with E-state index in [1.165, 1.54) is 0 Å². The van der Waals surface area contributed by atoms with E-state index in [0.717, 1.165) is 0 Å². The first-order valence-corrected chi connectivity index (χ1v) is 28.1. The van der Waals surface area contributed by atoms with Gasteiger partial charge in [-0.05, 0) is 0 Å². The third kappa shape index (κ3) is 13.8. The topological polar surface area (TPSA) is 633 Å². The van der Waals surface area contributed by atoms with Crippen LogP contribution in [0, 0.1) is 0 Å². The fourth-order valence-electron chi connectivity index (χ4n) is 11.9. The Morgan fingerprint density at radius 3 is 0.432 bits per heavy atom. The maximum absolute atomic E-state index is 11.6. The molecule has 19 aliphatic rings. The predicted molar refractivity (Wildman–Crippen MR) is 261 cm³/mol. The number of aliphatic hydroxyl groups excluding tert-OH is 24. The van der Waals surface area contributed by atoms with Crippen molar-refractivity contribution in [3.8, 4) is 0 Å². The minimum atomic E-state index is -2.29. The summed E-state index contributed by atoms with van der Waals surface area (Å²) in [5, 5.41) is 265. The Labute approximate surface area is 496 Å². The van der Waals surface area contributed by atoms with E-state index in [9.17, 15) is 123 Å². The minimum Gasteiger partial charge on any atom is -0.394 e. The van der Waals surface area contributed by atoms with E-state index in [2.05, 4.69) is 0 Å². The van der Waals surface area contributed by atoms with Gasteiger partial charge in [0.2, 0.25) is 0 Å². The smallest absolute Gasteiger partial charge is 0.187 e. The zero-order valence-corrected chi connectivity index (χ0v) is 46.0. The van der Waals surface area contributed by atoms with Gasteiger partial charge in [-0.2, -0.15) is 0 Å². The molecular formula is C48H80O40. The van der Waals surface area contributed by atoms with Gasteiger partial charge in [0, 0.05) is 0 Å². The third-order valence-electron chi connectivity index (χ3n) is 16.9. The molecule has 0 saturated carbocycles. The summed E-state index contributed by atoms with van der Waals surface area (Å²) in [5.74, 6) is 0. The molecule has 0 amide bonds. The van der Waals surface area contributed by atoms with E-state index in [-0.39, 0.29) is 0 Å². The predicted octanol–water partition coefficient (Wildman–Crippen LogP) is -17.4. The molecule has 19 heterocycles. The Bertz CT molecular complexity index is 2140. The van der Waals surface area contributed by atoms with Crippen LogP contribution in [-0.2, 0) is 75.8 Å². The lowest BCUT2D eigenvalue weighted by atomic mass is 9.95. The summed E-state index contributed by atoms with van der Waals surface area (Å²) < 4.78 is 91.1. The van der Waals surface area contributed by atoms with Crippen molar-refractivity contribution in [2.24, 2.45) is 0 Å². The van der Waals surface area contributed by atoms with Crippen LogP contribution in [0.15, 0.2) is 0 Å². The van der Waals surface area contributed by atoms with Gasteiger partial charge < -0.3 is 198 Å². The van der Waals surface area contributed by atoms with Crippen LogP contribution in [0.2, 0.25) is 0 Å². The zero-order valence-electron chi connectivity index (χ0n) is 46.0. The third-order valence-corrected chi connectivity index (χ3v) is 16.9. The first kappa shape index (κ1) is 70.7. The molecule has 0 aromatic rings. The van der Waals surface area contributed by atoms with Crippen LogP contribution in [0.3, 0.4) is 0 Å². The van der Waals surface area contributed by atoms with Crippen LogP contribution in [-0.4, -0.2) is 421 Å². The zero-order chi connectivity index (χ0) is 64.1. The number of aliphatic hydroxyl groups is 24. The monoisotopic (exact) mass is 1300 g/mol. The molecule has 512 valence electrons. The van der Waals surface area contributed by atoms with E-state index in [0.29, 0.717) is 0 Å². The fraction of sp³-hybridized carbons (Fsp3) is 1.00. The molecule has 16 unspecified atom stereocenters. The van der Waals surface area contributed by atoms with Gasteiger partial charge in [0.1, 0.15) is 195 Å². The molecule has 16 bridgehead atoms. The van der Waals surface area contributed by atoms with E-state index in [1.54, 1.807) is 0 Å². The molecule has 88 heavy (non-hydrogen) atoms. The molecule has 24 N–H and O–H groups in total. The molecule has 19 aliphatic heterocycles. The molecule has 0 aromatic carbocycles. The first-order valence-electron chi connectivity index (χ1n) is 28.1. The average Bonchev–Trinajstić information content (AvgIpc) is 1.70. The summed E-state index contributed by atoms with van der Waals surface area (Å²) >= 11 is 0. The van der Waals surface area contributed by atoms with Crippen molar-refractivity contribution in [2.45, 2.75) is 246 Å². The van der Waals surface area contributed by atoms with Crippen LogP contribution in [0.25, 0.3) is 0 Å². The lowest BCUT2D eigenvalue weighted by molar-refractivity contribution is -0.399. The van der Waals surface area contributed by atoms with Gasteiger partial charge in [-0.15, -0.1) is 0 Å². The molecule has 0 aromatic heterocycles. The number of ether oxygens (including phenoxy) is 16. The second-order valence-corrected chi connectivity index (χ2v) is 22.5. The molecule has 19 rings (SSSR count). The van der Waals surface area contributed by atoms with Crippen molar-refractivity contribution in [3.05, 3.63) is 0 Å². The van der Waals surface area contributed by atoms with E-state index >= 15 is 0 Å². The van der Waals surface area contributed by atoms with Crippen molar-refractivity contribution < 1.29 is 198 Å². The van der Waals surface area contributed by atoms with Crippen LogP contribution in [0.5, 0.6) is 0 Å². The van der Waals surface area contributed by atoms with Crippen molar-refractivity contribution in [3.63, 3.8) is 0 Å². The molecular weight excluding hydrogens is 1220 g/mol. The minimum absolute atomic E-state index is 1.05. The Hall–Kier alpha value is -1.60. The molecule has 0 spiro atoms. The molecule has 19 fully saturated rings. The van der Waals surface area contributed by atoms with Gasteiger partial charge >= 0.3 is 0 Å². The lowest BCUT2D eigenvalue weighted by Crippen LogP contribution is -2.68. The van der Waals surface area contributed by atoms with E-state index in [1.807, 2.05) is 0 Å². The van der Waals surface area contributed by atoms with Crippen LogP contribution in [0.1, 0.15) is 0 Å². The summed E-state index contributed by atoms with van der Waals surface area (Å²) in [5.41, 5.74) is 0. The Morgan fingerprint density at radius 1 is 0.136 bits per heavy atom. The Balaban J connectivity index is 0.990. The van der Waals surface area contributed by atoms with Crippen molar-refractivity contribution in [1.82, 2.24) is 0 Å². The highest BCUT2D eigenvalue weighted by atomic mass is 16.8. The fourth-order valence-corrected chi connectivity index (χ4v) is 11.9. The van der Waals surface area contributed by atoms with Crippen LogP contribution < -0.4 is 0 Å². The highest BCUT2D eigenvalue weighted by Crippen LogP contribution is 2.40. The van der Waals surface area contributed by atoms with Gasteiger partial charge in [0.25, 0.3) is 0 Å². The van der Waals surface area contributed by atoms with Crippen molar-refractivity contribution in [1.29, 1.82) is 0 Å². The SMILES string of the molecule is OCC1O[C@H]2O[C@@H]3C(CO)O[C@H](O[C@@H]4C(CO)O[C@H](O[C@@H]5C(CO)O[C@H](O[C@@H]6C(CO)O[C@H](O[C@@H]7C(CO)O[C@H](O[C@@H]8C(CO)O[C@H](O[C@@H]9C(CO)O[C@H](O[C@H](C2O)[C@@H]1O)C(O)[C@H]9O)C(O)[C@H]8O)C(O)[C@H]7O)C(O)[C@H]6O)C(O)[C@H]5O)C(O)[C@H]4O)C(O)[C@H]3O. The highest BCUT2D eigenvalue weighted by molar-refractivity contribution is 5.02. The second-order valence-electron chi connectivity index (χ2n) is 22.5. The number of hydrogen-bond acceptors (Lipinski definition) is 40. The summed E-state index contributed by atoms with van der Waals surface area (Å²) in [4.78, 5) is 0. The van der Waals surface area contributed by atoms with Gasteiger partial charge in [-0.25, -0.2) is 0 Å². The summed E-state index contributed by atoms with van der Waals surface area (Å²) in [6.07, 6.45) is -82.4. The van der Waals surface area contributed by atoms with E-state index in [4.69, 9.17) is 75.8 Å². The standard InChI is InChI=1S/C48H80O40/c49-1-9-17(57)40-32(72)48(73-9)87-39-16(8-56)79-46(30(70)23(39)63)85-37-14(6-54)77-44(28(68)21(37)61)83-35-12(4-52)75-42(26(66)19(35)59)81-33-10(2-50)74-41(25(65)18(33)58)82-34-11(3-51)76-43(27(67)20(34)60)84-36-13(5-53)78-45(29(69)22(36)62)86-38-15(7-55)80-47(88-40)31(71)24(38)64/h9-72H,1-8H2/t9?,10?,11?,12?,13?,14?,15?,16?,17-,18-,19-,20-,21-,22-,23-,24-,25?,26?,27?,28?,29?,30?,31?,32?,33-,34-,35-,36-,37-,38-,39-,40+,41-,42-,43-,44-,45-,46-,47-,48+/m1/s1. The van der Waals surface area contributed by atoms with Crippen molar-refractivity contribution in [2.75, 3.05) is 52.9 Å². The molecule has 0 aliphatic carbocycles. The van der Waals surface area contributed by atoms with Gasteiger partial charge in [-0.1, -0.05) is 0 Å². The second kappa shape index (κ2) is 30.0. The van der Waals surface area contributed by atoms with Crippen molar-refractivity contribution >= 4 is 0 Å². The molecule has 40 heteroatoms. The quantitative estimate of drug-likeness (QED) is 0.107. The van der Waals surface area contributed by atoms with E-state index < -0.39 is 299 Å². The van der Waals surface area contributed by atoms with Gasteiger partial charge in [0.15, 0.2) is 50.3 Å². The summed E-state index contributed by atoms with van der Waals surface area (Å²) in [6, 6.07) is 0. The number of fused-ring (bicyclic) bond motifs is 1. The average molecular weight is 1300 g/mol. The van der Waals surface area contributed by atoms with Crippen LogP contribution in [0.4, 0.5) is 0 Å². The largest absolute Gasteiger partial charge is 0.394 e. The van der Waals surface area contributed by atoms with Gasteiger partial charge in [0.05, 0.1) is 52.9 Å². The summed E-state index contributed by atoms with van der Waals surface area (Å²) in [6.45, 7) is -8.67. The Kier molecular flexibility index (Phi) is 24.1. The molecule has 19 saturated heterocycles. The highest BCUT2D eigenvalue weighted by Gasteiger charge is 2.60. The molecule has 40 nitrogen and oxygen atoms in total. The van der Waals surface area contributed by atoms with Gasteiger partial charge in [-0.3, -0.25) is 0 Å². The molecule has 40 atom stereocenters.